The van der Waals surface area contributed by atoms with E-state index in [-0.39, 0.29) is 29.6 Å². The summed E-state index contributed by atoms with van der Waals surface area (Å²) < 4.78 is 0. The van der Waals surface area contributed by atoms with Gasteiger partial charge in [-0.05, 0) is 13.3 Å². The number of carbonyl (C=O) groups excluding carboxylic acids is 1. The normalized spacial score (nSPS) is 12.1. The highest BCUT2D eigenvalue weighted by molar-refractivity contribution is 7.99. The van der Waals surface area contributed by atoms with Gasteiger partial charge in [-0.1, -0.05) is 18.7 Å². The molecule has 8 heteroatoms. The molecule has 0 saturated heterocycles. The summed E-state index contributed by atoms with van der Waals surface area (Å²) >= 11 is 1.18. The molecule has 0 aliphatic rings. The van der Waals surface area contributed by atoms with E-state index in [9.17, 15) is 4.79 Å². The first-order chi connectivity index (χ1) is 8.01. The molecular formula is C9H16N6OS. The Kier molecular flexibility index (Phi) is 4.95. The summed E-state index contributed by atoms with van der Waals surface area (Å²) in [5.74, 6) is 0.277. The maximum atomic E-state index is 11.5. The first kappa shape index (κ1) is 13.5. The summed E-state index contributed by atoms with van der Waals surface area (Å²) in [6.07, 6.45) is 0.891. The smallest absolute Gasteiger partial charge is 0.230 e. The lowest BCUT2D eigenvalue weighted by Gasteiger charge is -2.10. The van der Waals surface area contributed by atoms with Crippen molar-refractivity contribution in [1.29, 1.82) is 0 Å². The zero-order valence-electron chi connectivity index (χ0n) is 9.80. The van der Waals surface area contributed by atoms with Crippen molar-refractivity contribution in [3.8, 4) is 0 Å². The standard InChI is InChI=1S/C9H16N6OS/c1-3-5(2)12-6(16)4-17-9-14-7(10)13-8(11)15-9/h5H,3-4H2,1-2H3,(H,12,16)(H4,10,11,13,14,15). The molecule has 1 heterocycles. The van der Waals surface area contributed by atoms with Crippen LogP contribution in [0.15, 0.2) is 5.16 Å². The molecule has 0 fully saturated rings. The van der Waals surface area contributed by atoms with Gasteiger partial charge in [-0.15, -0.1) is 0 Å². The number of nitrogens with two attached hydrogens (primary N) is 2. The van der Waals surface area contributed by atoms with Gasteiger partial charge in [-0.25, -0.2) is 0 Å². The lowest BCUT2D eigenvalue weighted by molar-refractivity contribution is -0.119. The molecule has 0 bridgehead atoms. The topological polar surface area (TPSA) is 120 Å². The van der Waals surface area contributed by atoms with Crippen LogP contribution in [0.25, 0.3) is 0 Å². The first-order valence-corrected chi connectivity index (χ1v) is 6.19. The van der Waals surface area contributed by atoms with Crippen molar-refractivity contribution >= 4 is 29.6 Å². The number of carbonyl (C=O) groups is 1. The Hall–Kier alpha value is -1.57. The molecule has 1 aromatic rings. The van der Waals surface area contributed by atoms with Gasteiger partial charge in [0.25, 0.3) is 0 Å². The molecule has 1 atom stereocenters. The van der Waals surface area contributed by atoms with Crippen molar-refractivity contribution in [2.75, 3.05) is 17.2 Å². The fraction of sp³-hybridized carbons (Fsp3) is 0.556. The summed E-state index contributed by atoms with van der Waals surface area (Å²) in [7, 11) is 0. The van der Waals surface area contributed by atoms with Crippen LogP contribution in [0.1, 0.15) is 20.3 Å². The minimum atomic E-state index is -0.0677. The summed E-state index contributed by atoms with van der Waals surface area (Å²) in [6, 6.07) is 0.164. The molecule has 0 aromatic carbocycles. The number of nitrogens with zero attached hydrogens (tertiary/aromatic N) is 3. The number of nitrogen functional groups attached to an aromatic ring is 2. The van der Waals surface area contributed by atoms with Gasteiger partial charge in [0.15, 0.2) is 5.16 Å². The van der Waals surface area contributed by atoms with Crippen molar-refractivity contribution < 1.29 is 4.79 Å². The van der Waals surface area contributed by atoms with E-state index in [0.717, 1.165) is 6.42 Å². The van der Waals surface area contributed by atoms with Gasteiger partial charge in [0, 0.05) is 6.04 Å². The van der Waals surface area contributed by atoms with Gasteiger partial charge in [-0.3, -0.25) is 4.79 Å². The Labute approximate surface area is 104 Å². The van der Waals surface area contributed by atoms with Crippen LogP contribution in [0.3, 0.4) is 0 Å². The summed E-state index contributed by atoms with van der Waals surface area (Å²) in [5, 5.41) is 3.19. The number of nitrogens with one attached hydrogen (secondary N) is 1. The van der Waals surface area contributed by atoms with E-state index in [1.807, 2.05) is 13.8 Å². The molecule has 94 valence electrons. The average molecular weight is 256 g/mol. The number of rotatable bonds is 5. The Balaban J connectivity index is 2.47. The molecule has 5 N–H and O–H groups in total. The zero-order valence-corrected chi connectivity index (χ0v) is 10.6. The Bertz CT molecular complexity index is 379. The largest absolute Gasteiger partial charge is 0.368 e. The molecule has 17 heavy (non-hydrogen) atoms. The SMILES string of the molecule is CCC(C)NC(=O)CSc1nc(N)nc(N)n1. The Morgan fingerprint density at radius 2 is 1.94 bits per heavy atom. The number of thioether (sulfide) groups is 1. The third-order valence-electron chi connectivity index (χ3n) is 2.00. The third kappa shape index (κ3) is 4.85. The minimum Gasteiger partial charge on any atom is -0.368 e. The highest BCUT2D eigenvalue weighted by Crippen LogP contribution is 2.13. The molecule has 0 aliphatic heterocycles. The molecule has 0 spiro atoms. The van der Waals surface area contributed by atoms with E-state index < -0.39 is 0 Å². The molecule has 7 nitrogen and oxygen atoms in total. The van der Waals surface area contributed by atoms with Crippen LogP contribution < -0.4 is 16.8 Å². The van der Waals surface area contributed by atoms with Crippen LogP contribution in [0.5, 0.6) is 0 Å². The number of hydrogen-bond donors (Lipinski definition) is 3. The highest BCUT2D eigenvalue weighted by Gasteiger charge is 2.08. The first-order valence-electron chi connectivity index (χ1n) is 5.20. The van der Waals surface area contributed by atoms with Crippen LogP contribution in [0.4, 0.5) is 11.9 Å². The van der Waals surface area contributed by atoms with Gasteiger partial charge < -0.3 is 16.8 Å². The van der Waals surface area contributed by atoms with Crippen molar-refractivity contribution in [3.05, 3.63) is 0 Å². The predicted octanol–water partition coefficient (Wildman–Crippen LogP) is 0.0428. The van der Waals surface area contributed by atoms with Crippen LogP contribution >= 0.6 is 11.8 Å². The van der Waals surface area contributed by atoms with E-state index in [0.29, 0.717) is 5.16 Å². The van der Waals surface area contributed by atoms with E-state index >= 15 is 0 Å². The molecule has 1 unspecified atom stereocenters. The zero-order chi connectivity index (χ0) is 12.8. The second-order valence-corrected chi connectivity index (χ2v) is 4.44. The summed E-state index contributed by atoms with van der Waals surface area (Å²) in [5.41, 5.74) is 10.8. The van der Waals surface area contributed by atoms with Crippen molar-refractivity contribution in [2.45, 2.75) is 31.5 Å². The molecule has 1 aromatic heterocycles. The van der Waals surface area contributed by atoms with E-state index in [4.69, 9.17) is 11.5 Å². The predicted molar refractivity (Wildman–Crippen MR) is 67.3 cm³/mol. The summed E-state index contributed by atoms with van der Waals surface area (Å²) in [4.78, 5) is 22.9. The van der Waals surface area contributed by atoms with E-state index in [1.54, 1.807) is 0 Å². The van der Waals surface area contributed by atoms with Crippen molar-refractivity contribution in [1.82, 2.24) is 20.3 Å². The molecule has 1 rings (SSSR count). The molecular weight excluding hydrogens is 240 g/mol. The number of amides is 1. The minimum absolute atomic E-state index is 0.0577. The van der Waals surface area contributed by atoms with Crippen LogP contribution in [0, 0.1) is 0 Å². The number of hydrogen-bond acceptors (Lipinski definition) is 7. The van der Waals surface area contributed by atoms with Crippen LogP contribution in [0.2, 0.25) is 0 Å². The van der Waals surface area contributed by atoms with Gasteiger partial charge in [0.05, 0.1) is 5.75 Å². The maximum Gasteiger partial charge on any atom is 0.230 e. The fourth-order valence-corrected chi connectivity index (χ4v) is 1.66. The van der Waals surface area contributed by atoms with Gasteiger partial charge in [-0.2, -0.15) is 15.0 Å². The van der Waals surface area contributed by atoms with Crippen molar-refractivity contribution in [2.24, 2.45) is 0 Å². The molecule has 1 amide bonds. The third-order valence-corrected chi connectivity index (χ3v) is 2.85. The molecule has 0 radical (unpaired) electrons. The monoisotopic (exact) mass is 256 g/mol. The number of anilines is 2. The van der Waals surface area contributed by atoms with Crippen LogP contribution in [-0.2, 0) is 4.79 Å². The molecule has 0 aliphatic carbocycles. The van der Waals surface area contributed by atoms with Gasteiger partial charge >= 0.3 is 0 Å². The maximum absolute atomic E-state index is 11.5. The molecule has 0 saturated carbocycles. The fourth-order valence-electron chi connectivity index (χ4n) is 1.00. The highest BCUT2D eigenvalue weighted by atomic mass is 32.2. The van der Waals surface area contributed by atoms with Crippen LogP contribution in [-0.4, -0.2) is 32.7 Å². The second-order valence-electron chi connectivity index (χ2n) is 3.50. The Morgan fingerprint density at radius 3 is 2.47 bits per heavy atom. The van der Waals surface area contributed by atoms with Crippen molar-refractivity contribution in [3.63, 3.8) is 0 Å². The summed E-state index contributed by atoms with van der Waals surface area (Å²) in [6.45, 7) is 3.95. The number of aromatic nitrogens is 3. The van der Waals surface area contributed by atoms with Gasteiger partial charge in [0.2, 0.25) is 17.8 Å². The Morgan fingerprint density at radius 1 is 1.35 bits per heavy atom. The lowest BCUT2D eigenvalue weighted by Crippen LogP contribution is -2.33. The average Bonchev–Trinajstić information content (AvgIpc) is 2.25. The van der Waals surface area contributed by atoms with E-state index in [2.05, 4.69) is 20.3 Å². The second kappa shape index (κ2) is 6.24. The van der Waals surface area contributed by atoms with Gasteiger partial charge in [0.1, 0.15) is 0 Å². The van der Waals surface area contributed by atoms with E-state index in [1.165, 1.54) is 11.8 Å². The lowest BCUT2D eigenvalue weighted by atomic mass is 10.3. The quantitative estimate of drug-likeness (QED) is 0.636.